The zero-order valence-corrected chi connectivity index (χ0v) is 10.7. The smallest absolute Gasteiger partial charge is 0.0402 e. The average molecular weight is 236 g/mol. The van der Waals surface area contributed by atoms with Gasteiger partial charge in [0.15, 0.2) is 0 Å². The predicted molar refractivity (Wildman–Crippen MR) is 73.3 cm³/mol. The number of para-hydroxylation sites is 1. The topological polar surface area (TPSA) is 29.3 Å². The van der Waals surface area contributed by atoms with Gasteiger partial charge in [-0.3, -0.25) is 0 Å². The van der Waals surface area contributed by atoms with E-state index in [2.05, 4.69) is 47.9 Å². The number of rotatable bonds is 3. The van der Waals surface area contributed by atoms with E-state index in [9.17, 15) is 0 Å². The molecule has 2 N–H and O–H groups in total. The van der Waals surface area contributed by atoms with Crippen molar-refractivity contribution in [3.8, 4) is 0 Å². The van der Waals surface area contributed by atoms with E-state index in [0.717, 1.165) is 19.5 Å². The molecule has 0 bridgehead atoms. The summed E-state index contributed by atoms with van der Waals surface area (Å²) < 4.78 is 0. The lowest BCUT2D eigenvalue weighted by molar-refractivity contribution is 0.695. The van der Waals surface area contributed by atoms with E-state index in [1.54, 1.807) is 0 Å². The Hall–Kier alpha value is -0.670. The fourth-order valence-corrected chi connectivity index (χ4v) is 3.26. The number of nitrogens with two attached hydrogens (primary N) is 1. The van der Waals surface area contributed by atoms with Crippen LogP contribution in [0.3, 0.4) is 0 Å². The normalized spacial score (nSPS) is 21.1. The van der Waals surface area contributed by atoms with E-state index >= 15 is 0 Å². The fraction of sp³-hybridized carbons (Fsp3) is 0.538. The largest absolute Gasteiger partial charge is 0.367 e. The van der Waals surface area contributed by atoms with Crippen LogP contribution in [0.1, 0.15) is 12.5 Å². The molecule has 1 aliphatic rings. The highest BCUT2D eigenvalue weighted by atomic mass is 32.2. The van der Waals surface area contributed by atoms with Crippen molar-refractivity contribution >= 4 is 17.4 Å². The van der Waals surface area contributed by atoms with E-state index in [-0.39, 0.29) is 0 Å². The van der Waals surface area contributed by atoms with Gasteiger partial charge in [0, 0.05) is 29.8 Å². The van der Waals surface area contributed by atoms with Crippen molar-refractivity contribution in [2.45, 2.75) is 19.4 Å². The maximum Gasteiger partial charge on any atom is 0.0402 e. The molecule has 0 aliphatic carbocycles. The highest BCUT2D eigenvalue weighted by Crippen LogP contribution is 2.27. The molecule has 0 saturated carbocycles. The standard InChI is InChI=1S/C13H20N2S/c1-11-10-16-9-8-15(11)13-5-3-2-4-12(13)6-7-14/h2-5,11H,6-10,14H2,1H3. The van der Waals surface area contributed by atoms with Crippen LogP contribution >= 0.6 is 11.8 Å². The van der Waals surface area contributed by atoms with Gasteiger partial charge in [0.1, 0.15) is 0 Å². The lowest BCUT2D eigenvalue weighted by atomic mass is 10.1. The molecule has 1 atom stereocenters. The maximum atomic E-state index is 5.67. The van der Waals surface area contributed by atoms with Crippen LogP contribution in [0.4, 0.5) is 5.69 Å². The van der Waals surface area contributed by atoms with Gasteiger partial charge in [0.05, 0.1) is 0 Å². The summed E-state index contributed by atoms with van der Waals surface area (Å²) in [7, 11) is 0. The molecule has 1 fully saturated rings. The van der Waals surface area contributed by atoms with Crippen molar-refractivity contribution in [2.24, 2.45) is 5.73 Å². The summed E-state index contributed by atoms with van der Waals surface area (Å²) in [4.78, 5) is 2.53. The zero-order chi connectivity index (χ0) is 11.4. The second-order valence-electron chi connectivity index (χ2n) is 4.28. The van der Waals surface area contributed by atoms with Gasteiger partial charge in [0.25, 0.3) is 0 Å². The van der Waals surface area contributed by atoms with E-state index in [4.69, 9.17) is 5.73 Å². The minimum absolute atomic E-state index is 0.637. The SMILES string of the molecule is CC1CSCCN1c1ccccc1CCN. The highest BCUT2D eigenvalue weighted by Gasteiger charge is 2.20. The zero-order valence-electron chi connectivity index (χ0n) is 9.86. The molecule has 0 aromatic heterocycles. The van der Waals surface area contributed by atoms with Gasteiger partial charge in [-0.15, -0.1) is 0 Å². The quantitative estimate of drug-likeness (QED) is 0.872. The number of benzene rings is 1. The van der Waals surface area contributed by atoms with E-state index in [0.29, 0.717) is 6.04 Å². The molecule has 0 radical (unpaired) electrons. The number of thioether (sulfide) groups is 1. The summed E-state index contributed by atoms with van der Waals surface area (Å²) in [6.07, 6.45) is 0.979. The molecule has 3 heteroatoms. The minimum atomic E-state index is 0.637. The summed E-state index contributed by atoms with van der Waals surface area (Å²) in [5, 5.41) is 0. The van der Waals surface area contributed by atoms with Gasteiger partial charge in [0.2, 0.25) is 0 Å². The first-order valence-electron chi connectivity index (χ1n) is 5.95. The molecule has 2 rings (SSSR count). The summed E-state index contributed by atoms with van der Waals surface area (Å²) in [5.41, 5.74) is 8.45. The molecule has 1 heterocycles. The molecular formula is C13H20N2S. The summed E-state index contributed by atoms with van der Waals surface area (Å²) in [5.74, 6) is 2.47. The van der Waals surface area contributed by atoms with Crippen LogP contribution in [0.15, 0.2) is 24.3 Å². The lowest BCUT2D eigenvalue weighted by Crippen LogP contribution is -2.41. The Bertz CT molecular complexity index is 340. The fourth-order valence-electron chi connectivity index (χ4n) is 2.24. The Kier molecular flexibility index (Phi) is 4.13. The molecular weight excluding hydrogens is 216 g/mol. The van der Waals surface area contributed by atoms with Crippen LogP contribution < -0.4 is 10.6 Å². The molecule has 88 valence electrons. The number of hydrogen-bond donors (Lipinski definition) is 1. The van der Waals surface area contributed by atoms with Crippen LogP contribution in [0.5, 0.6) is 0 Å². The molecule has 2 nitrogen and oxygen atoms in total. The van der Waals surface area contributed by atoms with Crippen LogP contribution in [0.2, 0.25) is 0 Å². The number of nitrogens with zero attached hydrogens (tertiary/aromatic N) is 1. The van der Waals surface area contributed by atoms with Crippen molar-refractivity contribution in [3.63, 3.8) is 0 Å². The van der Waals surface area contributed by atoms with E-state index < -0.39 is 0 Å². The number of hydrogen-bond acceptors (Lipinski definition) is 3. The van der Waals surface area contributed by atoms with E-state index in [1.807, 2.05) is 0 Å². The van der Waals surface area contributed by atoms with Gasteiger partial charge < -0.3 is 10.6 Å². The Morgan fingerprint density at radius 3 is 3.00 bits per heavy atom. The molecule has 0 amide bonds. The lowest BCUT2D eigenvalue weighted by Gasteiger charge is -2.36. The Morgan fingerprint density at radius 1 is 1.44 bits per heavy atom. The monoisotopic (exact) mass is 236 g/mol. The Balaban J connectivity index is 2.23. The van der Waals surface area contributed by atoms with Gasteiger partial charge in [-0.2, -0.15) is 11.8 Å². The molecule has 0 spiro atoms. The molecule has 1 aliphatic heterocycles. The van der Waals surface area contributed by atoms with Crippen LogP contribution in [0, 0.1) is 0 Å². The van der Waals surface area contributed by atoms with Crippen molar-refractivity contribution in [1.82, 2.24) is 0 Å². The van der Waals surface area contributed by atoms with Gasteiger partial charge in [-0.1, -0.05) is 18.2 Å². The molecule has 1 aromatic carbocycles. The van der Waals surface area contributed by atoms with Crippen molar-refractivity contribution in [3.05, 3.63) is 29.8 Å². The Labute approximate surface area is 102 Å². The third kappa shape index (κ3) is 2.53. The van der Waals surface area contributed by atoms with Gasteiger partial charge >= 0.3 is 0 Å². The first-order chi connectivity index (χ1) is 7.83. The first-order valence-corrected chi connectivity index (χ1v) is 7.10. The molecule has 1 unspecified atom stereocenters. The van der Waals surface area contributed by atoms with Crippen molar-refractivity contribution < 1.29 is 0 Å². The van der Waals surface area contributed by atoms with Crippen molar-refractivity contribution in [1.29, 1.82) is 0 Å². The average Bonchev–Trinajstić information content (AvgIpc) is 2.31. The summed E-state index contributed by atoms with van der Waals surface area (Å²) in [6, 6.07) is 9.31. The van der Waals surface area contributed by atoms with Crippen LogP contribution in [-0.4, -0.2) is 30.6 Å². The van der Waals surface area contributed by atoms with Crippen LogP contribution in [-0.2, 0) is 6.42 Å². The summed E-state index contributed by atoms with van der Waals surface area (Å²) in [6.45, 7) is 4.20. The third-order valence-corrected chi connectivity index (χ3v) is 4.27. The van der Waals surface area contributed by atoms with Gasteiger partial charge in [-0.25, -0.2) is 0 Å². The number of anilines is 1. The van der Waals surface area contributed by atoms with Crippen LogP contribution in [0.25, 0.3) is 0 Å². The predicted octanol–water partition coefficient (Wildman–Crippen LogP) is 2.13. The highest BCUT2D eigenvalue weighted by molar-refractivity contribution is 7.99. The first kappa shape index (κ1) is 11.8. The van der Waals surface area contributed by atoms with Gasteiger partial charge in [-0.05, 0) is 31.5 Å². The summed E-state index contributed by atoms with van der Waals surface area (Å²) >= 11 is 2.05. The minimum Gasteiger partial charge on any atom is -0.367 e. The molecule has 16 heavy (non-hydrogen) atoms. The van der Waals surface area contributed by atoms with E-state index in [1.165, 1.54) is 22.8 Å². The second kappa shape index (κ2) is 5.60. The Morgan fingerprint density at radius 2 is 2.25 bits per heavy atom. The molecule has 1 aromatic rings. The molecule has 1 saturated heterocycles. The van der Waals surface area contributed by atoms with Crippen molar-refractivity contribution in [2.75, 3.05) is 29.5 Å². The second-order valence-corrected chi connectivity index (χ2v) is 5.43. The maximum absolute atomic E-state index is 5.67. The third-order valence-electron chi connectivity index (χ3n) is 3.08.